The van der Waals surface area contributed by atoms with Crippen molar-refractivity contribution in [3.8, 4) is 0 Å². The molecule has 1 atom stereocenters. The van der Waals surface area contributed by atoms with Gasteiger partial charge in [0.15, 0.2) is 0 Å². The van der Waals surface area contributed by atoms with Crippen LogP contribution in [0, 0.1) is 34.6 Å². The average Bonchev–Trinajstić information content (AvgIpc) is 2.51. The van der Waals surface area contributed by atoms with E-state index in [9.17, 15) is 8.42 Å². The van der Waals surface area contributed by atoms with E-state index in [1.54, 1.807) is 0 Å². The second-order valence-corrected chi connectivity index (χ2v) is 7.92. The number of nitrogens with two attached hydrogens (primary N) is 1. The molecule has 1 saturated heterocycles. The Labute approximate surface area is 133 Å². The SMILES string of the molecule is Cc1c(C)c(C)c(S(=O)(=O)N2CCOC(CN)C2)c(C)c1C. The minimum Gasteiger partial charge on any atom is -0.374 e. The third-order valence-corrected chi connectivity index (χ3v) is 7.03. The fourth-order valence-corrected chi connectivity index (χ4v) is 5.05. The molecule has 0 amide bonds. The summed E-state index contributed by atoms with van der Waals surface area (Å²) in [7, 11) is -3.53. The Morgan fingerprint density at radius 1 is 1.05 bits per heavy atom. The molecule has 1 aromatic carbocycles. The summed E-state index contributed by atoms with van der Waals surface area (Å²) in [4.78, 5) is 0.450. The highest BCUT2D eigenvalue weighted by Crippen LogP contribution is 2.32. The number of morpholine rings is 1. The molecule has 1 heterocycles. The quantitative estimate of drug-likeness (QED) is 0.915. The molecule has 22 heavy (non-hydrogen) atoms. The van der Waals surface area contributed by atoms with Crippen LogP contribution in [0.1, 0.15) is 27.8 Å². The number of hydrogen-bond donors (Lipinski definition) is 1. The predicted molar refractivity (Wildman–Crippen MR) is 87.7 cm³/mol. The number of ether oxygens (including phenoxy) is 1. The van der Waals surface area contributed by atoms with Gasteiger partial charge in [-0.25, -0.2) is 8.42 Å². The maximum Gasteiger partial charge on any atom is 0.243 e. The summed E-state index contributed by atoms with van der Waals surface area (Å²) in [6.45, 7) is 11.2. The first-order chi connectivity index (χ1) is 10.2. The van der Waals surface area contributed by atoms with Crippen LogP contribution in [0.2, 0.25) is 0 Å². The lowest BCUT2D eigenvalue weighted by Crippen LogP contribution is -2.48. The summed E-state index contributed by atoms with van der Waals surface area (Å²) < 4.78 is 33.3. The highest BCUT2D eigenvalue weighted by molar-refractivity contribution is 7.89. The van der Waals surface area contributed by atoms with Gasteiger partial charge in [-0.1, -0.05) is 0 Å². The van der Waals surface area contributed by atoms with E-state index in [1.165, 1.54) is 4.31 Å². The van der Waals surface area contributed by atoms with Crippen molar-refractivity contribution in [3.63, 3.8) is 0 Å². The van der Waals surface area contributed by atoms with Crippen molar-refractivity contribution in [2.45, 2.75) is 45.6 Å². The lowest BCUT2D eigenvalue weighted by Gasteiger charge is -2.33. The highest BCUT2D eigenvalue weighted by Gasteiger charge is 2.33. The fourth-order valence-electron chi connectivity index (χ4n) is 3.03. The average molecular weight is 326 g/mol. The van der Waals surface area contributed by atoms with Crippen LogP contribution in [0.3, 0.4) is 0 Å². The molecule has 1 aliphatic heterocycles. The highest BCUT2D eigenvalue weighted by atomic mass is 32.2. The Kier molecular flexibility index (Phi) is 4.96. The lowest BCUT2D eigenvalue weighted by molar-refractivity contribution is 0.00448. The van der Waals surface area contributed by atoms with Crippen LogP contribution in [0.4, 0.5) is 0 Å². The number of sulfonamides is 1. The normalized spacial score (nSPS) is 20.4. The molecule has 2 N–H and O–H groups in total. The zero-order valence-electron chi connectivity index (χ0n) is 14.1. The Morgan fingerprint density at radius 2 is 1.55 bits per heavy atom. The van der Waals surface area contributed by atoms with Crippen molar-refractivity contribution in [1.29, 1.82) is 0 Å². The molecule has 6 heteroatoms. The predicted octanol–water partition coefficient (Wildman–Crippen LogP) is 1.58. The maximum atomic E-state index is 13.1. The zero-order valence-corrected chi connectivity index (χ0v) is 14.9. The zero-order chi connectivity index (χ0) is 16.7. The Morgan fingerprint density at radius 3 is 2.05 bits per heavy atom. The van der Waals surface area contributed by atoms with Crippen LogP contribution in [-0.2, 0) is 14.8 Å². The minimum absolute atomic E-state index is 0.225. The van der Waals surface area contributed by atoms with Gasteiger partial charge in [-0.15, -0.1) is 0 Å². The van der Waals surface area contributed by atoms with E-state index >= 15 is 0 Å². The number of rotatable bonds is 3. The van der Waals surface area contributed by atoms with Crippen molar-refractivity contribution in [2.75, 3.05) is 26.2 Å². The first-order valence-corrected chi connectivity index (χ1v) is 9.04. The Hall–Kier alpha value is -0.950. The Balaban J connectivity index is 2.55. The molecule has 1 fully saturated rings. The van der Waals surface area contributed by atoms with Gasteiger partial charge in [0.1, 0.15) is 0 Å². The molecule has 124 valence electrons. The molecule has 0 aliphatic carbocycles. The van der Waals surface area contributed by atoms with Crippen molar-refractivity contribution in [1.82, 2.24) is 4.31 Å². The molecule has 1 aliphatic rings. The molecule has 0 bridgehead atoms. The van der Waals surface area contributed by atoms with Gasteiger partial charge in [-0.2, -0.15) is 4.31 Å². The van der Waals surface area contributed by atoms with E-state index < -0.39 is 10.0 Å². The van der Waals surface area contributed by atoms with Crippen molar-refractivity contribution >= 4 is 10.0 Å². The smallest absolute Gasteiger partial charge is 0.243 e. The van der Waals surface area contributed by atoms with E-state index in [2.05, 4.69) is 0 Å². The van der Waals surface area contributed by atoms with Crippen LogP contribution >= 0.6 is 0 Å². The van der Waals surface area contributed by atoms with Gasteiger partial charge >= 0.3 is 0 Å². The van der Waals surface area contributed by atoms with Gasteiger partial charge in [0.2, 0.25) is 10.0 Å². The first-order valence-electron chi connectivity index (χ1n) is 7.60. The summed E-state index contributed by atoms with van der Waals surface area (Å²) in [6.07, 6.45) is -0.225. The Bertz CT molecular complexity index is 654. The molecule has 1 unspecified atom stereocenters. The van der Waals surface area contributed by atoms with Crippen LogP contribution in [0.15, 0.2) is 4.90 Å². The second-order valence-electron chi connectivity index (χ2n) is 6.05. The summed E-state index contributed by atoms with van der Waals surface area (Å²) in [6, 6.07) is 0. The summed E-state index contributed by atoms with van der Waals surface area (Å²) >= 11 is 0. The second kappa shape index (κ2) is 6.28. The topological polar surface area (TPSA) is 72.6 Å². The van der Waals surface area contributed by atoms with Gasteiger partial charge in [-0.05, 0) is 62.4 Å². The lowest BCUT2D eigenvalue weighted by atomic mass is 9.95. The van der Waals surface area contributed by atoms with Gasteiger partial charge in [0.25, 0.3) is 0 Å². The van der Waals surface area contributed by atoms with E-state index in [0.29, 0.717) is 31.1 Å². The maximum absolute atomic E-state index is 13.1. The summed E-state index contributed by atoms with van der Waals surface area (Å²) in [5.74, 6) is 0. The molecule has 0 aromatic heterocycles. The van der Waals surface area contributed by atoms with Gasteiger partial charge < -0.3 is 10.5 Å². The number of benzene rings is 1. The minimum atomic E-state index is -3.53. The van der Waals surface area contributed by atoms with Gasteiger partial charge in [0.05, 0.1) is 17.6 Å². The third-order valence-electron chi connectivity index (χ3n) is 4.89. The van der Waals surface area contributed by atoms with Gasteiger partial charge in [0, 0.05) is 19.6 Å². The molecule has 0 radical (unpaired) electrons. The number of hydrogen-bond acceptors (Lipinski definition) is 4. The first kappa shape index (κ1) is 17.4. The van der Waals surface area contributed by atoms with E-state index in [-0.39, 0.29) is 6.10 Å². The van der Waals surface area contributed by atoms with E-state index in [4.69, 9.17) is 10.5 Å². The standard InChI is InChI=1S/C16H26N2O3S/c1-10-11(2)13(4)16(14(5)12(10)3)22(19,20)18-6-7-21-15(8-17)9-18/h15H,6-9,17H2,1-5H3. The van der Waals surface area contributed by atoms with Crippen molar-refractivity contribution in [2.24, 2.45) is 5.73 Å². The number of nitrogens with zero attached hydrogens (tertiary/aromatic N) is 1. The van der Waals surface area contributed by atoms with E-state index in [1.807, 2.05) is 34.6 Å². The van der Waals surface area contributed by atoms with Crippen molar-refractivity contribution in [3.05, 3.63) is 27.8 Å². The van der Waals surface area contributed by atoms with Gasteiger partial charge in [-0.3, -0.25) is 0 Å². The van der Waals surface area contributed by atoms with E-state index in [0.717, 1.165) is 27.8 Å². The molecule has 0 spiro atoms. The van der Waals surface area contributed by atoms with Crippen LogP contribution < -0.4 is 5.73 Å². The third kappa shape index (κ3) is 2.80. The van der Waals surface area contributed by atoms with Crippen molar-refractivity contribution < 1.29 is 13.2 Å². The molecule has 0 saturated carbocycles. The molecular formula is C16H26N2O3S. The van der Waals surface area contributed by atoms with Crippen LogP contribution in [0.5, 0.6) is 0 Å². The summed E-state index contributed by atoms with van der Waals surface area (Å²) in [5, 5.41) is 0. The fraction of sp³-hybridized carbons (Fsp3) is 0.625. The van der Waals surface area contributed by atoms with Crippen LogP contribution in [0.25, 0.3) is 0 Å². The molecule has 1 aromatic rings. The largest absolute Gasteiger partial charge is 0.374 e. The molecular weight excluding hydrogens is 300 g/mol. The summed E-state index contributed by atoms with van der Waals surface area (Å²) in [5.41, 5.74) is 10.6. The molecule has 2 rings (SSSR count). The van der Waals surface area contributed by atoms with Crippen LogP contribution in [-0.4, -0.2) is 45.1 Å². The monoisotopic (exact) mass is 326 g/mol. The molecule has 5 nitrogen and oxygen atoms in total.